The predicted octanol–water partition coefficient (Wildman–Crippen LogP) is 0.940. The van der Waals surface area contributed by atoms with Gasteiger partial charge in [0.05, 0.1) is 18.1 Å². The molecule has 0 spiro atoms. The number of amides is 1. The fourth-order valence-electron chi connectivity index (χ4n) is 3.05. The van der Waals surface area contributed by atoms with E-state index >= 15 is 0 Å². The van der Waals surface area contributed by atoms with Crippen molar-refractivity contribution in [3.63, 3.8) is 0 Å². The summed E-state index contributed by atoms with van der Waals surface area (Å²) in [6.45, 7) is 4.80. The molecule has 1 aliphatic heterocycles. The van der Waals surface area contributed by atoms with Crippen molar-refractivity contribution in [3.8, 4) is 0 Å². The van der Waals surface area contributed by atoms with Crippen LogP contribution in [-0.4, -0.2) is 37.1 Å². The van der Waals surface area contributed by atoms with E-state index in [4.69, 9.17) is 4.74 Å². The minimum absolute atomic E-state index is 0.0889. The van der Waals surface area contributed by atoms with Gasteiger partial charge in [-0.05, 0) is 11.6 Å². The van der Waals surface area contributed by atoms with Gasteiger partial charge in [-0.2, -0.15) is 0 Å². The Morgan fingerprint density at radius 3 is 2.58 bits per heavy atom. The van der Waals surface area contributed by atoms with Crippen LogP contribution >= 0.6 is 0 Å². The minimum atomic E-state index is -0.503. The molecule has 2 N–H and O–H groups in total. The van der Waals surface area contributed by atoms with E-state index in [-0.39, 0.29) is 17.2 Å². The van der Waals surface area contributed by atoms with Crippen LogP contribution in [0.5, 0.6) is 0 Å². The predicted molar refractivity (Wildman–Crippen MR) is 95.9 cm³/mol. The second-order valence-electron chi connectivity index (χ2n) is 6.30. The molecule has 1 aliphatic rings. The Kier molecular flexibility index (Phi) is 5.93. The number of nitrogens with one attached hydrogen (secondary N) is 2. The zero-order chi connectivity index (χ0) is 18.4. The van der Waals surface area contributed by atoms with Crippen molar-refractivity contribution in [2.45, 2.75) is 13.1 Å². The van der Waals surface area contributed by atoms with Crippen molar-refractivity contribution in [3.05, 3.63) is 75.3 Å². The van der Waals surface area contributed by atoms with E-state index in [0.717, 1.165) is 38.4 Å². The summed E-state index contributed by atoms with van der Waals surface area (Å²) in [5, 5.41) is 13.7. The van der Waals surface area contributed by atoms with E-state index in [1.165, 1.54) is 28.7 Å². The third kappa shape index (κ3) is 4.65. The Hall–Kier alpha value is -2.77. The molecular weight excluding hydrogens is 334 g/mol. The SMILES string of the molecule is O=C(NCc1ccccc1C[NH+]1CCOCC1)c1cccc([N+](=O)[O-])c1. The van der Waals surface area contributed by atoms with Gasteiger partial charge in [-0.15, -0.1) is 0 Å². The van der Waals surface area contributed by atoms with Crippen LogP contribution < -0.4 is 10.2 Å². The molecule has 0 unspecified atom stereocenters. The summed E-state index contributed by atoms with van der Waals surface area (Å²) < 4.78 is 5.40. The van der Waals surface area contributed by atoms with Gasteiger partial charge in [-0.3, -0.25) is 14.9 Å². The zero-order valence-electron chi connectivity index (χ0n) is 14.4. The van der Waals surface area contributed by atoms with Crippen molar-refractivity contribution in [2.75, 3.05) is 26.3 Å². The largest absolute Gasteiger partial charge is 0.370 e. The number of nitrogens with zero attached hydrogens (tertiary/aromatic N) is 1. The van der Waals surface area contributed by atoms with Gasteiger partial charge in [0.2, 0.25) is 0 Å². The van der Waals surface area contributed by atoms with Crippen LogP contribution in [0.4, 0.5) is 5.69 Å². The summed E-state index contributed by atoms with van der Waals surface area (Å²) in [7, 11) is 0. The molecule has 3 rings (SSSR count). The lowest BCUT2D eigenvalue weighted by molar-refractivity contribution is -0.921. The third-order valence-corrected chi connectivity index (χ3v) is 4.52. The van der Waals surface area contributed by atoms with Gasteiger partial charge in [0.1, 0.15) is 19.6 Å². The number of rotatable bonds is 6. The molecule has 1 heterocycles. The maximum absolute atomic E-state index is 12.3. The molecule has 26 heavy (non-hydrogen) atoms. The molecule has 7 heteroatoms. The zero-order valence-corrected chi connectivity index (χ0v) is 14.4. The number of hydrogen-bond donors (Lipinski definition) is 2. The molecule has 0 atom stereocenters. The summed E-state index contributed by atoms with van der Waals surface area (Å²) in [6.07, 6.45) is 0. The average molecular weight is 356 g/mol. The Morgan fingerprint density at radius 1 is 1.12 bits per heavy atom. The highest BCUT2D eigenvalue weighted by Crippen LogP contribution is 2.13. The number of carbonyl (C=O) groups is 1. The summed E-state index contributed by atoms with van der Waals surface area (Å²) >= 11 is 0. The van der Waals surface area contributed by atoms with Gasteiger partial charge in [-0.25, -0.2) is 0 Å². The maximum Gasteiger partial charge on any atom is 0.270 e. The first kappa shape index (κ1) is 18.0. The van der Waals surface area contributed by atoms with Crippen LogP contribution in [0, 0.1) is 10.1 Å². The summed E-state index contributed by atoms with van der Waals surface area (Å²) in [5.41, 5.74) is 2.46. The van der Waals surface area contributed by atoms with Crippen molar-refractivity contribution < 1.29 is 19.4 Å². The van der Waals surface area contributed by atoms with Crippen molar-refractivity contribution in [2.24, 2.45) is 0 Å². The standard InChI is InChI=1S/C19H21N3O4/c23-19(15-6-3-7-18(12-15)22(24)25)20-13-16-4-1-2-5-17(16)14-21-8-10-26-11-9-21/h1-7,12H,8-11,13-14H2,(H,20,23)/p+1. The second-order valence-corrected chi connectivity index (χ2v) is 6.30. The molecule has 136 valence electrons. The van der Waals surface area contributed by atoms with E-state index in [1.54, 1.807) is 6.07 Å². The van der Waals surface area contributed by atoms with E-state index < -0.39 is 4.92 Å². The van der Waals surface area contributed by atoms with Crippen LogP contribution in [-0.2, 0) is 17.8 Å². The van der Waals surface area contributed by atoms with Crippen molar-refractivity contribution >= 4 is 11.6 Å². The van der Waals surface area contributed by atoms with Gasteiger partial charge >= 0.3 is 0 Å². The number of benzene rings is 2. The quantitative estimate of drug-likeness (QED) is 0.596. The molecule has 0 saturated carbocycles. The Labute approximate surface area is 151 Å². The first-order valence-electron chi connectivity index (χ1n) is 8.64. The van der Waals surface area contributed by atoms with Gasteiger partial charge in [0.25, 0.3) is 11.6 Å². The lowest BCUT2D eigenvalue weighted by Gasteiger charge is -2.24. The van der Waals surface area contributed by atoms with E-state index in [0.29, 0.717) is 6.54 Å². The van der Waals surface area contributed by atoms with Crippen molar-refractivity contribution in [1.29, 1.82) is 0 Å². The van der Waals surface area contributed by atoms with E-state index in [9.17, 15) is 14.9 Å². The van der Waals surface area contributed by atoms with Crippen LogP contribution in [0.3, 0.4) is 0 Å². The molecule has 0 radical (unpaired) electrons. The normalized spacial score (nSPS) is 14.8. The average Bonchev–Trinajstić information content (AvgIpc) is 2.68. The van der Waals surface area contributed by atoms with E-state index in [2.05, 4.69) is 11.4 Å². The molecule has 1 fully saturated rings. The first-order valence-corrected chi connectivity index (χ1v) is 8.64. The number of nitro groups is 1. The number of hydrogen-bond acceptors (Lipinski definition) is 4. The van der Waals surface area contributed by atoms with Gasteiger partial charge < -0.3 is 15.0 Å². The molecule has 0 aliphatic carbocycles. The van der Waals surface area contributed by atoms with Gasteiger partial charge in [0, 0.05) is 29.8 Å². The number of carbonyl (C=O) groups excluding carboxylic acids is 1. The minimum Gasteiger partial charge on any atom is -0.370 e. The van der Waals surface area contributed by atoms with Crippen molar-refractivity contribution in [1.82, 2.24) is 5.32 Å². The van der Waals surface area contributed by atoms with Gasteiger partial charge in [-0.1, -0.05) is 30.3 Å². The first-order chi connectivity index (χ1) is 12.6. The molecule has 2 aromatic carbocycles. The number of non-ortho nitro benzene ring substituents is 1. The number of morpholine rings is 1. The number of quaternary nitrogens is 1. The Morgan fingerprint density at radius 2 is 1.85 bits per heavy atom. The second kappa shape index (κ2) is 8.55. The lowest BCUT2D eigenvalue weighted by atomic mass is 10.1. The monoisotopic (exact) mass is 356 g/mol. The molecule has 1 amide bonds. The summed E-state index contributed by atoms with van der Waals surface area (Å²) in [6, 6.07) is 13.8. The molecule has 0 bridgehead atoms. The Bertz CT molecular complexity index is 788. The fraction of sp³-hybridized carbons (Fsp3) is 0.316. The molecule has 1 saturated heterocycles. The smallest absolute Gasteiger partial charge is 0.270 e. The number of nitro benzene ring substituents is 1. The van der Waals surface area contributed by atoms with Crippen LogP contribution in [0.2, 0.25) is 0 Å². The highest BCUT2D eigenvalue weighted by Gasteiger charge is 2.16. The van der Waals surface area contributed by atoms with Crippen LogP contribution in [0.25, 0.3) is 0 Å². The topological polar surface area (TPSA) is 85.9 Å². The van der Waals surface area contributed by atoms with Crippen LogP contribution in [0.15, 0.2) is 48.5 Å². The summed E-state index contributed by atoms with van der Waals surface area (Å²) in [5.74, 6) is -0.317. The highest BCUT2D eigenvalue weighted by molar-refractivity contribution is 5.94. The summed E-state index contributed by atoms with van der Waals surface area (Å²) in [4.78, 5) is 24.2. The molecule has 0 aromatic heterocycles. The Balaban J connectivity index is 1.65. The maximum atomic E-state index is 12.3. The molecule has 2 aromatic rings. The fourth-order valence-corrected chi connectivity index (χ4v) is 3.05. The molecule has 7 nitrogen and oxygen atoms in total. The number of ether oxygens (including phenoxy) is 1. The van der Waals surface area contributed by atoms with Gasteiger partial charge in [0.15, 0.2) is 0 Å². The van der Waals surface area contributed by atoms with E-state index in [1.807, 2.05) is 18.2 Å². The molecular formula is C19H22N3O4+. The highest BCUT2D eigenvalue weighted by atomic mass is 16.6. The third-order valence-electron chi connectivity index (χ3n) is 4.52. The lowest BCUT2D eigenvalue weighted by Crippen LogP contribution is -3.12. The van der Waals surface area contributed by atoms with Crippen LogP contribution in [0.1, 0.15) is 21.5 Å².